The second-order valence-corrected chi connectivity index (χ2v) is 25.8. The fourth-order valence-corrected chi connectivity index (χ4v) is 21.7. The molecule has 0 radical (unpaired) electrons. The van der Waals surface area contributed by atoms with Crippen LogP contribution in [0.2, 0.25) is 0 Å². The lowest BCUT2D eigenvalue weighted by Gasteiger charge is -2.67. The molecule has 260 valence electrons. The van der Waals surface area contributed by atoms with Crippen LogP contribution in [0.3, 0.4) is 0 Å². The summed E-state index contributed by atoms with van der Waals surface area (Å²) < 4.78 is 17.8. The van der Waals surface area contributed by atoms with Crippen LogP contribution in [-0.4, -0.2) is 25.4 Å². The summed E-state index contributed by atoms with van der Waals surface area (Å²) in [6.07, 6.45) is 19.0. The minimum Gasteiger partial charge on any atom is -0.242 e. The molecule has 8 bridgehead atoms. The highest BCUT2D eigenvalue weighted by molar-refractivity contribution is 7.84. The molecule has 3 aromatic rings. The maximum atomic E-state index is 14.2. The maximum Gasteiger partial charge on any atom is 0.0976 e. The van der Waals surface area contributed by atoms with Gasteiger partial charge in [-0.05, 0) is 179 Å². The Hall–Kier alpha value is -1.37. The van der Waals surface area contributed by atoms with Crippen LogP contribution in [0.4, 0.5) is 0 Å². The SMILES string of the molecule is CC(C)(C)S(=O)N[C@H](CP(c1ccccc1)c1ccccc1)c1ccccc1P(C12CC3CC(CC(C3)C1)C2)C12CC3CC(CC(C3)C1)C2. The van der Waals surface area contributed by atoms with Crippen LogP contribution >= 0.6 is 15.8 Å². The standard InChI is InChI=1S/C44H57NOP2S/c1-42(2,3)49(46)45-40(30-47(37-12-6-4-7-13-37)38-14-8-5-9-15-38)39-16-10-11-17-41(39)48(43-24-31-18-32(25-43)20-33(19-31)26-43)44-27-34-21-35(28-44)23-36(22-34)29-44/h4-17,31-36,40,45H,18-30H2,1-3H3/t31?,32?,33?,34?,35?,36?,40-,43?,44?,48?,49?/m1/s1. The van der Waals surface area contributed by atoms with Gasteiger partial charge in [0.25, 0.3) is 0 Å². The largest absolute Gasteiger partial charge is 0.242 e. The molecule has 3 aromatic carbocycles. The molecule has 1 unspecified atom stereocenters. The van der Waals surface area contributed by atoms with Crippen molar-refractivity contribution in [2.45, 2.75) is 119 Å². The Bertz CT molecular complexity index is 1510. The van der Waals surface area contributed by atoms with Gasteiger partial charge in [-0.3, -0.25) is 0 Å². The topological polar surface area (TPSA) is 29.1 Å². The quantitative estimate of drug-likeness (QED) is 0.209. The van der Waals surface area contributed by atoms with E-state index in [4.69, 9.17) is 0 Å². The lowest BCUT2D eigenvalue weighted by molar-refractivity contribution is 0.0195. The third-order valence-corrected chi connectivity index (χ3v) is 21.9. The molecule has 8 aliphatic rings. The van der Waals surface area contributed by atoms with Gasteiger partial charge < -0.3 is 0 Å². The average molecular weight is 710 g/mol. The molecule has 0 aromatic heterocycles. The van der Waals surface area contributed by atoms with Gasteiger partial charge in [0.05, 0.1) is 15.7 Å². The van der Waals surface area contributed by atoms with Crippen LogP contribution in [0, 0.1) is 35.5 Å². The first-order chi connectivity index (χ1) is 23.7. The van der Waals surface area contributed by atoms with Gasteiger partial charge in [0.2, 0.25) is 0 Å². The van der Waals surface area contributed by atoms with Crippen LogP contribution in [0.5, 0.6) is 0 Å². The molecule has 0 heterocycles. The zero-order valence-corrected chi connectivity index (χ0v) is 32.6. The summed E-state index contributed by atoms with van der Waals surface area (Å²) in [4.78, 5) is 0. The average Bonchev–Trinajstić information content (AvgIpc) is 3.06. The molecule has 2 atom stereocenters. The fraction of sp³-hybridized carbons (Fsp3) is 0.591. The molecule has 0 amide bonds. The zero-order chi connectivity index (χ0) is 33.4. The third-order valence-electron chi connectivity index (χ3n) is 13.8. The summed E-state index contributed by atoms with van der Waals surface area (Å²) in [5.41, 5.74) is 1.50. The van der Waals surface area contributed by atoms with Gasteiger partial charge in [0, 0.05) is 6.04 Å². The molecule has 11 rings (SSSR count). The van der Waals surface area contributed by atoms with Gasteiger partial charge in [0.1, 0.15) is 0 Å². The van der Waals surface area contributed by atoms with Crippen molar-refractivity contribution in [1.29, 1.82) is 0 Å². The van der Waals surface area contributed by atoms with E-state index in [9.17, 15) is 4.21 Å². The molecule has 8 fully saturated rings. The molecule has 0 saturated heterocycles. The predicted molar refractivity (Wildman–Crippen MR) is 213 cm³/mol. The fourth-order valence-electron chi connectivity index (χ4n) is 12.9. The van der Waals surface area contributed by atoms with Gasteiger partial charge in [-0.2, -0.15) is 0 Å². The predicted octanol–water partition coefficient (Wildman–Crippen LogP) is 9.96. The second kappa shape index (κ2) is 12.9. The van der Waals surface area contributed by atoms with Crippen molar-refractivity contribution in [3.8, 4) is 0 Å². The molecule has 5 heteroatoms. The molecule has 2 nitrogen and oxygen atoms in total. The van der Waals surface area contributed by atoms with E-state index in [0.29, 0.717) is 10.3 Å². The highest BCUT2D eigenvalue weighted by Gasteiger charge is 2.63. The number of nitrogens with one attached hydrogen (secondary N) is 1. The summed E-state index contributed by atoms with van der Waals surface area (Å²) >= 11 is 0. The Morgan fingerprint density at radius 2 is 1.02 bits per heavy atom. The second-order valence-electron chi connectivity index (χ2n) is 18.5. The van der Waals surface area contributed by atoms with Gasteiger partial charge >= 0.3 is 0 Å². The first kappa shape index (κ1) is 33.5. The van der Waals surface area contributed by atoms with Gasteiger partial charge in [-0.1, -0.05) is 92.9 Å². The van der Waals surface area contributed by atoms with Crippen molar-refractivity contribution >= 4 is 42.7 Å². The molecule has 0 aliphatic heterocycles. The monoisotopic (exact) mass is 709 g/mol. The number of benzene rings is 3. The molecule has 49 heavy (non-hydrogen) atoms. The summed E-state index contributed by atoms with van der Waals surface area (Å²) in [6.45, 7) is 6.40. The van der Waals surface area contributed by atoms with Crippen molar-refractivity contribution in [3.63, 3.8) is 0 Å². The van der Waals surface area contributed by atoms with Crippen LogP contribution in [0.15, 0.2) is 84.9 Å². The highest BCUT2D eigenvalue weighted by atomic mass is 32.2. The Morgan fingerprint density at radius 1 is 0.633 bits per heavy atom. The smallest absolute Gasteiger partial charge is 0.0976 e. The third kappa shape index (κ3) is 6.28. The van der Waals surface area contributed by atoms with E-state index in [0.717, 1.165) is 41.7 Å². The molecule has 8 aliphatic carbocycles. The molecular weight excluding hydrogens is 653 g/mol. The first-order valence-electron chi connectivity index (χ1n) is 19.6. The van der Waals surface area contributed by atoms with Crippen molar-refractivity contribution in [1.82, 2.24) is 4.72 Å². The maximum absolute atomic E-state index is 14.2. The lowest BCUT2D eigenvalue weighted by Crippen LogP contribution is -2.58. The van der Waals surface area contributed by atoms with Crippen LogP contribution < -0.4 is 20.6 Å². The minimum atomic E-state index is -1.17. The van der Waals surface area contributed by atoms with Crippen molar-refractivity contribution in [2.75, 3.05) is 6.16 Å². The van der Waals surface area contributed by atoms with Crippen LogP contribution in [0.25, 0.3) is 0 Å². The van der Waals surface area contributed by atoms with Crippen molar-refractivity contribution in [2.24, 2.45) is 35.5 Å². The molecule has 1 N–H and O–H groups in total. The number of hydrogen-bond acceptors (Lipinski definition) is 1. The summed E-state index contributed by atoms with van der Waals surface area (Å²) in [6, 6.07) is 32.3. The molecular formula is C44H57NOP2S. The zero-order valence-electron chi connectivity index (χ0n) is 30.0. The van der Waals surface area contributed by atoms with Gasteiger partial charge in [-0.15, -0.1) is 0 Å². The van der Waals surface area contributed by atoms with Crippen LogP contribution in [-0.2, 0) is 11.0 Å². The Morgan fingerprint density at radius 3 is 1.43 bits per heavy atom. The molecule has 0 spiro atoms. The van der Waals surface area contributed by atoms with E-state index in [1.54, 1.807) is 5.30 Å². The summed E-state index contributed by atoms with van der Waals surface area (Å²) in [7, 11) is -2.20. The number of rotatable bonds is 10. The summed E-state index contributed by atoms with van der Waals surface area (Å²) in [5.74, 6) is 5.77. The van der Waals surface area contributed by atoms with Gasteiger partial charge in [0.15, 0.2) is 0 Å². The van der Waals surface area contributed by atoms with E-state index in [-0.39, 0.29) is 18.7 Å². The van der Waals surface area contributed by atoms with Gasteiger partial charge in [-0.25, -0.2) is 8.93 Å². The Balaban J connectivity index is 1.19. The summed E-state index contributed by atoms with van der Waals surface area (Å²) in [5, 5.41) is 5.56. The van der Waals surface area contributed by atoms with E-state index in [2.05, 4.69) is 110 Å². The first-order valence-corrected chi connectivity index (χ1v) is 23.6. The molecule has 8 saturated carbocycles. The lowest BCUT2D eigenvalue weighted by atomic mass is 9.55. The van der Waals surface area contributed by atoms with Crippen LogP contribution in [0.1, 0.15) is 109 Å². The van der Waals surface area contributed by atoms with E-state index < -0.39 is 18.9 Å². The normalized spacial score (nSPS) is 36.2. The Labute approximate surface area is 301 Å². The minimum absolute atomic E-state index is 0.0376. The highest BCUT2D eigenvalue weighted by Crippen LogP contribution is 2.78. The number of hydrogen-bond donors (Lipinski definition) is 1. The van der Waals surface area contributed by atoms with Crippen molar-refractivity contribution < 1.29 is 4.21 Å². The van der Waals surface area contributed by atoms with E-state index in [1.807, 2.05) is 0 Å². The van der Waals surface area contributed by atoms with E-state index in [1.165, 1.54) is 93.2 Å². The van der Waals surface area contributed by atoms with E-state index >= 15 is 0 Å². The van der Waals surface area contributed by atoms with Crippen molar-refractivity contribution in [3.05, 3.63) is 90.5 Å². The Kier molecular flexibility index (Phi) is 8.84.